The molecular formula is C22H30N2O. The third kappa shape index (κ3) is 4.59. The van der Waals surface area contributed by atoms with Gasteiger partial charge in [-0.3, -0.25) is 0 Å². The summed E-state index contributed by atoms with van der Waals surface area (Å²) in [5.74, 6) is 3.37. The van der Waals surface area contributed by atoms with Gasteiger partial charge in [-0.05, 0) is 73.8 Å². The highest BCUT2D eigenvalue weighted by Gasteiger charge is 2.22. The molecule has 3 heteroatoms. The average Bonchev–Trinajstić information content (AvgIpc) is 2.66. The molecule has 0 fully saturated rings. The Bertz CT molecular complexity index is 681. The van der Waals surface area contributed by atoms with Gasteiger partial charge in [0.1, 0.15) is 5.75 Å². The molecule has 2 aromatic rings. The van der Waals surface area contributed by atoms with Crippen molar-refractivity contribution < 1.29 is 4.74 Å². The van der Waals surface area contributed by atoms with E-state index in [1.807, 2.05) is 12.1 Å². The molecule has 3 rings (SSSR count). The molecule has 1 aliphatic rings. The maximum absolute atomic E-state index is 5.65. The Labute approximate surface area is 151 Å². The largest absolute Gasteiger partial charge is 0.494 e. The van der Waals surface area contributed by atoms with Crippen molar-refractivity contribution in [2.24, 2.45) is 11.8 Å². The first-order valence-corrected chi connectivity index (χ1v) is 9.77. The number of aromatic nitrogens is 2. The van der Waals surface area contributed by atoms with Gasteiger partial charge in [0, 0.05) is 17.5 Å². The minimum atomic E-state index is 0.756. The zero-order chi connectivity index (χ0) is 17.6. The molecule has 2 unspecified atom stereocenters. The lowest BCUT2D eigenvalue weighted by molar-refractivity contribution is 0.317. The summed E-state index contributed by atoms with van der Waals surface area (Å²) in [6.07, 6.45) is 9.17. The van der Waals surface area contributed by atoms with Gasteiger partial charge in [-0.2, -0.15) is 0 Å². The van der Waals surface area contributed by atoms with E-state index in [2.05, 4.69) is 44.1 Å². The van der Waals surface area contributed by atoms with E-state index >= 15 is 0 Å². The first-order valence-electron chi connectivity index (χ1n) is 9.77. The lowest BCUT2D eigenvalue weighted by atomic mass is 9.81. The molecule has 1 aliphatic carbocycles. The Hall–Kier alpha value is -1.90. The number of hydrogen-bond donors (Lipinski definition) is 0. The van der Waals surface area contributed by atoms with Crippen LogP contribution in [0.3, 0.4) is 0 Å². The zero-order valence-electron chi connectivity index (χ0n) is 15.8. The molecule has 1 aromatic carbocycles. The van der Waals surface area contributed by atoms with Crippen LogP contribution in [0.2, 0.25) is 0 Å². The molecule has 0 aliphatic heterocycles. The molecular weight excluding hydrogens is 308 g/mol. The maximum Gasteiger partial charge on any atom is 0.159 e. The second-order valence-corrected chi connectivity index (χ2v) is 7.40. The number of hydrogen-bond acceptors (Lipinski definition) is 3. The minimum Gasteiger partial charge on any atom is -0.494 e. The topological polar surface area (TPSA) is 35.0 Å². The van der Waals surface area contributed by atoms with Crippen LogP contribution < -0.4 is 4.74 Å². The summed E-state index contributed by atoms with van der Waals surface area (Å²) in [5, 5.41) is 0. The highest BCUT2D eigenvalue weighted by molar-refractivity contribution is 5.56. The lowest BCUT2D eigenvalue weighted by Crippen LogP contribution is -2.18. The van der Waals surface area contributed by atoms with Crippen LogP contribution in [0.25, 0.3) is 11.4 Å². The number of fused-ring (bicyclic) bond motifs is 1. The predicted octanol–water partition coefficient (Wildman–Crippen LogP) is 5.47. The fourth-order valence-corrected chi connectivity index (χ4v) is 3.58. The molecule has 1 heterocycles. The molecule has 0 radical (unpaired) electrons. The monoisotopic (exact) mass is 338 g/mol. The SMILES string of the molecule is CCCOc1ccc(-c2ncc3c(n2)CCC(CC(C)CC)C3)cc1. The van der Waals surface area contributed by atoms with Gasteiger partial charge in [-0.1, -0.05) is 27.2 Å². The van der Waals surface area contributed by atoms with Gasteiger partial charge in [0.15, 0.2) is 5.82 Å². The van der Waals surface area contributed by atoms with Crippen LogP contribution in [0.5, 0.6) is 5.75 Å². The normalized spacial score (nSPS) is 17.8. The first kappa shape index (κ1) is 17.9. The van der Waals surface area contributed by atoms with Crippen LogP contribution in [-0.2, 0) is 12.8 Å². The summed E-state index contributed by atoms with van der Waals surface area (Å²) >= 11 is 0. The zero-order valence-corrected chi connectivity index (χ0v) is 15.8. The number of ether oxygens (including phenoxy) is 1. The fourth-order valence-electron chi connectivity index (χ4n) is 3.58. The van der Waals surface area contributed by atoms with Crippen molar-refractivity contribution in [3.05, 3.63) is 41.7 Å². The summed E-state index contributed by atoms with van der Waals surface area (Å²) in [5.41, 5.74) is 3.66. The van der Waals surface area contributed by atoms with E-state index in [1.165, 1.54) is 30.5 Å². The van der Waals surface area contributed by atoms with Crippen molar-refractivity contribution in [3.63, 3.8) is 0 Å². The second-order valence-electron chi connectivity index (χ2n) is 7.40. The first-order chi connectivity index (χ1) is 12.2. The average molecular weight is 338 g/mol. The smallest absolute Gasteiger partial charge is 0.159 e. The van der Waals surface area contributed by atoms with Gasteiger partial charge < -0.3 is 4.74 Å². The number of benzene rings is 1. The summed E-state index contributed by atoms with van der Waals surface area (Å²) in [7, 11) is 0. The van der Waals surface area contributed by atoms with Crippen molar-refractivity contribution in [2.75, 3.05) is 6.61 Å². The van der Waals surface area contributed by atoms with Crippen LogP contribution in [0.4, 0.5) is 0 Å². The molecule has 0 saturated heterocycles. The van der Waals surface area contributed by atoms with Gasteiger partial charge in [0.2, 0.25) is 0 Å². The summed E-state index contributed by atoms with van der Waals surface area (Å²) < 4.78 is 5.65. The van der Waals surface area contributed by atoms with Crippen LogP contribution in [-0.4, -0.2) is 16.6 Å². The Balaban J connectivity index is 1.70. The number of aryl methyl sites for hydroxylation is 1. The van der Waals surface area contributed by atoms with E-state index in [-0.39, 0.29) is 0 Å². The molecule has 2 atom stereocenters. The minimum absolute atomic E-state index is 0.756. The highest BCUT2D eigenvalue weighted by atomic mass is 16.5. The Morgan fingerprint density at radius 2 is 2.00 bits per heavy atom. The fraction of sp³-hybridized carbons (Fsp3) is 0.545. The molecule has 25 heavy (non-hydrogen) atoms. The van der Waals surface area contributed by atoms with Crippen molar-refractivity contribution in [1.29, 1.82) is 0 Å². The Kier molecular flexibility index (Phi) is 6.06. The van der Waals surface area contributed by atoms with E-state index in [0.29, 0.717) is 0 Å². The van der Waals surface area contributed by atoms with E-state index in [4.69, 9.17) is 9.72 Å². The molecule has 0 spiro atoms. The van der Waals surface area contributed by atoms with E-state index < -0.39 is 0 Å². The van der Waals surface area contributed by atoms with E-state index in [0.717, 1.165) is 54.8 Å². The molecule has 1 aromatic heterocycles. The molecule has 0 amide bonds. The number of rotatable bonds is 7. The molecule has 0 bridgehead atoms. The summed E-state index contributed by atoms with van der Waals surface area (Å²) in [6.45, 7) is 7.52. The maximum atomic E-state index is 5.65. The van der Waals surface area contributed by atoms with Gasteiger partial charge in [0.25, 0.3) is 0 Å². The number of nitrogens with zero attached hydrogens (tertiary/aromatic N) is 2. The van der Waals surface area contributed by atoms with Gasteiger partial charge in [0.05, 0.1) is 6.61 Å². The summed E-state index contributed by atoms with van der Waals surface area (Å²) in [4.78, 5) is 9.49. The van der Waals surface area contributed by atoms with Crippen molar-refractivity contribution in [3.8, 4) is 17.1 Å². The molecule has 0 N–H and O–H groups in total. The molecule has 134 valence electrons. The van der Waals surface area contributed by atoms with Gasteiger partial charge in [-0.25, -0.2) is 9.97 Å². The highest BCUT2D eigenvalue weighted by Crippen LogP contribution is 2.30. The lowest BCUT2D eigenvalue weighted by Gasteiger charge is -2.26. The summed E-state index contributed by atoms with van der Waals surface area (Å²) in [6, 6.07) is 8.13. The van der Waals surface area contributed by atoms with Crippen LogP contribution >= 0.6 is 0 Å². The van der Waals surface area contributed by atoms with E-state index in [9.17, 15) is 0 Å². The Morgan fingerprint density at radius 3 is 2.72 bits per heavy atom. The van der Waals surface area contributed by atoms with Crippen molar-refractivity contribution in [1.82, 2.24) is 9.97 Å². The Morgan fingerprint density at radius 1 is 1.20 bits per heavy atom. The van der Waals surface area contributed by atoms with Crippen LogP contribution in [0.15, 0.2) is 30.5 Å². The van der Waals surface area contributed by atoms with Gasteiger partial charge in [-0.15, -0.1) is 0 Å². The van der Waals surface area contributed by atoms with Crippen molar-refractivity contribution >= 4 is 0 Å². The quantitative estimate of drug-likeness (QED) is 0.671. The second kappa shape index (κ2) is 8.46. The van der Waals surface area contributed by atoms with Crippen LogP contribution in [0.1, 0.15) is 57.7 Å². The predicted molar refractivity (Wildman–Crippen MR) is 103 cm³/mol. The van der Waals surface area contributed by atoms with Crippen LogP contribution in [0, 0.1) is 11.8 Å². The van der Waals surface area contributed by atoms with Gasteiger partial charge >= 0.3 is 0 Å². The standard InChI is InChI=1S/C22H30N2O/c1-4-12-25-20-9-7-18(8-10-20)22-23-15-19-14-17(13-16(3)5-2)6-11-21(19)24-22/h7-10,15-17H,4-6,11-14H2,1-3H3. The molecule has 3 nitrogen and oxygen atoms in total. The van der Waals surface area contributed by atoms with E-state index in [1.54, 1.807) is 0 Å². The molecule has 0 saturated carbocycles. The third-order valence-electron chi connectivity index (χ3n) is 5.27. The van der Waals surface area contributed by atoms with Crippen molar-refractivity contribution in [2.45, 2.75) is 59.3 Å². The third-order valence-corrected chi connectivity index (χ3v) is 5.27.